The van der Waals surface area contributed by atoms with Gasteiger partial charge in [-0.25, -0.2) is 0 Å². The summed E-state index contributed by atoms with van der Waals surface area (Å²) in [6.07, 6.45) is 3.85. The molecule has 2 aliphatic heterocycles. The molecule has 92 valence electrons. The van der Waals surface area contributed by atoms with Gasteiger partial charge in [-0.05, 0) is 43.9 Å². The van der Waals surface area contributed by atoms with E-state index in [-0.39, 0.29) is 0 Å². The van der Waals surface area contributed by atoms with Crippen molar-refractivity contribution < 1.29 is 0 Å². The zero-order valence-electron chi connectivity index (χ0n) is 10.9. The lowest BCUT2D eigenvalue weighted by Gasteiger charge is -2.47. The van der Waals surface area contributed by atoms with E-state index in [1.165, 1.54) is 43.6 Å². The fourth-order valence-corrected chi connectivity index (χ4v) is 3.45. The first-order chi connectivity index (χ1) is 8.19. The molecule has 3 rings (SSSR count). The molecule has 2 heterocycles. The smallest absolute Gasteiger partial charge is 0.0404 e. The molecule has 17 heavy (non-hydrogen) atoms. The van der Waals surface area contributed by atoms with Crippen molar-refractivity contribution >= 4 is 5.69 Å². The molecule has 1 spiro atoms. The van der Waals surface area contributed by atoms with Crippen LogP contribution in [0.5, 0.6) is 0 Å². The van der Waals surface area contributed by atoms with E-state index in [1.807, 2.05) is 0 Å². The molecule has 2 nitrogen and oxygen atoms in total. The molecule has 1 fully saturated rings. The lowest BCUT2D eigenvalue weighted by atomic mass is 9.74. The highest BCUT2D eigenvalue weighted by Gasteiger charge is 2.38. The highest BCUT2D eigenvalue weighted by Crippen LogP contribution is 2.42. The fourth-order valence-electron chi connectivity index (χ4n) is 3.45. The average molecular weight is 230 g/mol. The quantitative estimate of drug-likeness (QED) is 0.737. The van der Waals surface area contributed by atoms with Crippen LogP contribution in [-0.2, 0) is 0 Å². The molecule has 1 atom stereocenters. The Balaban J connectivity index is 1.88. The van der Waals surface area contributed by atoms with Crippen molar-refractivity contribution in [2.75, 3.05) is 25.5 Å². The van der Waals surface area contributed by atoms with Crippen molar-refractivity contribution in [3.05, 3.63) is 29.8 Å². The summed E-state index contributed by atoms with van der Waals surface area (Å²) in [5.41, 5.74) is 3.23. The molecular formula is C15H22N2. The molecular weight excluding hydrogens is 208 g/mol. The minimum Gasteiger partial charge on any atom is -0.379 e. The monoisotopic (exact) mass is 230 g/mol. The van der Waals surface area contributed by atoms with E-state index in [0.717, 1.165) is 0 Å². The predicted molar refractivity (Wildman–Crippen MR) is 72.6 cm³/mol. The van der Waals surface area contributed by atoms with Gasteiger partial charge < -0.3 is 10.2 Å². The Bertz CT molecular complexity index is 405. The average Bonchev–Trinajstić information content (AvgIpc) is 2.34. The Morgan fingerprint density at radius 3 is 2.71 bits per heavy atom. The number of para-hydroxylation sites is 1. The summed E-state index contributed by atoms with van der Waals surface area (Å²) in [4.78, 5) is 2.44. The zero-order chi connectivity index (χ0) is 11.9. The third kappa shape index (κ3) is 1.95. The van der Waals surface area contributed by atoms with E-state index in [1.54, 1.807) is 0 Å². The Hall–Kier alpha value is -1.02. The van der Waals surface area contributed by atoms with Crippen LogP contribution in [0.2, 0.25) is 0 Å². The summed E-state index contributed by atoms with van der Waals surface area (Å²) in [6, 6.07) is 8.82. The van der Waals surface area contributed by atoms with Crippen LogP contribution in [0.4, 0.5) is 5.69 Å². The number of benzene rings is 1. The number of piperidine rings is 1. The normalized spacial score (nSPS) is 27.5. The van der Waals surface area contributed by atoms with Gasteiger partial charge in [-0.3, -0.25) is 0 Å². The SMILES string of the molecule is C[C@H]1CC2(CCN(C)CC2)Nc2ccccc21. The van der Waals surface area contributed by atoms with E-state index >= 15 is 0 Å². The molecule has 1 saturated heterocycles. The molecule has 1 aromatic rings. The second-order valence-corrected chi connectivity index (χ2v) is 5.90. The van der Waals surface area contributed by atoms with Gasteiger partial charge in [0.25, 0.3) is 0 Å². The largest absolute Gasteiger partial charge is 0.379 e. The van der Waals surface area contributed by atoms with Gasteiger partial charge >= 0.3 is 0 Å². The number of hydrogen-bond donors (Lipinski definition) is 1. The van der Waals surface area contributed by atoms with Gasteiger partial charge in [0.05, 0.1) is 0 Å². The van der Waals surface area contributed by atoms with E-state index in [9.17, 15) is 0 Å². The van der Waals surface area contributed by atoms with Gasteiger partial charge in [0.1, 0.15) is 0 Å². The molecule has 1 N–H and O–H groups in total. The van der Waals surface area contributed by atoms with Crippen LogP contribution in [0.15, 0.2) is 24.3 Å². The number of fused-ring (bicyclic) bond motifs is 1. The molecule has 2 heteroatoms. The molecule has 0 radical (unpaired) electrons. The maximum atomic E-state index is 3.84. The summed E-state index contributed by atoms with van der Waals surface area (Å²) < 4.78 is 0. The molecule has 0 amide bonds. The first-order valence-corrected chi connectivity index (χ1v) is 6.74. The summed E-state index contributed by atoms with van der Waals surface area (Å²) in [7, 11) is 2.23. The molecule has 0 aromatic heterocycles. The van der Waals surface area contributed by atoms with Crippen LogP contribution in [0.25, 0.3) is 0 Å². The third-order valence-electron chi connectivity index (χ3n) is 4.53. The van der Waals surface area contributed by atoms with Gasteiger partial charge in [-0.2, -0.15) is 0 Å². The first kappa shape index (κ1) is 11.1. The third-order valence-corrected chi connectivity index (χ3v) is 4.53. The highest BCUT2D eigenvalue weighted by atomic mass is 15.1. The van der Waals surface area contributed by atoms with Crippen molar-refractivity contribution in [2.24, 2.45) is 0 Å². The fraction of sp³-hybridized carbons (Fsp3) is 0.600. The molecule has 0 bridgehead atoms. The van der Waals surface area contributed by atoms with Gasteiger partial charge in [0.2, 0.25) is 0 Å². The number of rotatable bonds is 0. The number of anilines is 1. The van der Waals surface area contributed by atoms with Gasteiger partial charge in [-0.15, -0.1) is 0 Å². The number of likely N-dealkylation sites (tertiary alicyclic amines) is 1. The molecule has 1 aromatic carbocycles. The molecule has 0 unspecified atom stereocenters. The highest BCUT2D eigenvalue weighted by molar-refractivity contribution is 5.57. The van der Waals surface area contributed by atoms with Crippen LogP contribution in [0, 0.1) is 0 Å². The summed E-state index contributed by atoms with van der Waals surface area (Å²) in [5.74, 6) is 0.691. The predicted octanol–water partition coefficient (Wildman–Crippen LogP) is 3.07. The van der Waals surface area contributed by atoms with Crippen LogP contribution >= 0.6 is 0 Å². The van der Waals surface area contributed by atoms with Crippen molar-refractivity contribution in [3.8, 4) is 0 Å². The number of nitrogens with one attached hydrogen (secondary N) is 1. The van der Waals surface area contributed by atoms with Crippen LogP contribution in [0.3, 0.4) is 0 Å². The topological polar surface area (TPSA) is 15.3 Å². The van der Waals surface area contributed by atoms with E-state index in [2.05, 4.69) is 48.5 Å². The van der Waals surface area contributed by atoms with Crippen LogP contribution in [-0.4, -0.2) is 30.6 Å². The lowest BCUT2D eigenvalue weighted by Crippen LogP contribution is -2.50. The molecule has 0 saturated carbocycles. The maximum absolute atomic E-state index is 3.84. The Morgan fingerprint density at radius 2 is 1.94 bits per heavy atom. The van der Waals surface area contributed by atoms with Gasteiger partial charge in [0.15, 0.2) is 0 Å². The molecule has 2 aliphatic rings. The van der Waals surface area contributed by atoms with E-state index < -0.39 is 0 Å². The standard InChI is InChI=1S/C15H22N2/c1-12-11-15(7-9-17(2)10-8-15)16-14-6-4-3-5-13(12)14/h3-6,12,16H,7-11H2,1-2H3/t12-/m0/s1. The van der Waals surface area contributed by atoms with Crippen molar-refractivity contribution in [1.29, 1.82) is 0 Å². The van der Waals surface area contributed by atoms with Crippen molar-refractivity contribution in [3.63, 3.8) is 0 Å². The summed E-state index contributed by atoms with van der Waals surface area (Å²) in [5, 5.41) is 3.84. The van der Waals surface area contributed by atoms with Crippen molar-refractivity contribution in [1.82, 2.24) is 4.90 Å². The van der Waals surface area contributed by atoms with Crippen molar-refractivity contribution in [2.45, 2.75) is 37.6 Å². The number of nitrogens with zero attached hydrogens (tertiary/aromatic N) is 1. The lowest BCUT2D eigenvalue weighted by molar-refractivity contribution is 0.187. The van der Waals surface area contributed by atoms with Crippen LogP contribution < -0.4 is 5.32 Å². The van der Waals surface area contributed by atoms with Crippen LogP contribution in [0.1, 0.15) is 37.7 Å². The van der Waals surface area contributed by atoms with Gasteiger partial charge in [0, 0.05) is 24.3 Å². The number of hydrogen-bond acceptors (Lipinski definition) is 2. The minimum atomic E-state index is 0.361. The maximum Gasteiger partial charge on any atom is 0.0404 e. The first-order valence-electron chi connectivity index (χ1n) is 6.74. The molecule has 0 aliphatic carbocycles. The summed E-state index contributed by atoms with van der Waals surface area (Å²) >= 11 is 0. The zero-order valence-corrected chi connectivity index (χ0v) is 10.9. The van der Waals surface area contributed by atoms with Gasteiger partial charge in [-0.1, -0.05) is 25.1 Å². The Morgan fingerprint density at radius 1 is 1.24 bits per heavy atom. The summed E-state index contributed by atoms with van der Waals surface area (Å²) in [6.45, 7) is 4.82. The van der Waals surface area contributed by atoms with E-state index in [4.69, 9.17) is 0 Å². The van der Waals surface area contributed by atoms with E-state index in [0.29, 0.717) is 11.5 Å². The minimum absolute atomic E-state index is 0.361. The Kier molecular flexibility index (Phi) is 2.62. The second kappa shape index (κ2) is 4.02. The Labute approximate surface area is 104 Å². The second-order valence-electron chi connectivity index (χ2n) is 5.90.